The molecule has 2 rings (SSSR count). The Kier molecular flexibility index (Phi) is 3.24. The van der Waals surface area contributed by atoms with Crippen LogP contribution in [0.4, 0.5) is 0 Å². The Balaban J connectivity index is 2.15. The van der Waals surface area contributed by atoms with E-state index < -0.39 is 0 Å². The highest BCUT2D eigenvalue weighted by molar-refractivity contribution is 5.80. The molecule has 1 atom stereocenters. The van der Waals surface area contributed by atoms with E-state index in [0.29, 0.717) is 12.0 Å². The highest BCUT2D eigenvalue weighted by Crippen LogP contribution is 2.55. The first-order valence-electron chi connectivity index (χ1n) is 6.36. The lowest BCUT2D eigenvalue weighted by atomic mass is 9.83. The van der Waals surface area contributed by atoms with Crippen molar-refractivity contribution < 1.29 is 9.53 Å². The van der Waals surface area contributed by atoms with Crippen molar-refractivity contribution in [3.63, 3.8) is 0 Å². The van der Waals surface area contributed by atoms with E-state index in [-0.39, 0.29) is 11.4 Å². The maximum Gasteiger partial charge on any atom is 0.313 e. The molecular formula is C13H23NO2. The molecule has 0 aromatic carbocycles. The first kappa shape index (κ1) is 11.9. The van der Waals surface area contributed by atoms with Gasteiger partial charge in [0.15, 0.2) is 0 Å². The molecule has 16 heavy (non-hydrogen) atoms. The smallest absolute Gasteiger partial charge is 0.313 e. The molecule has 0 N–H and O–H groups in total. The monoisotopic (exact) mass is 225 g/mol. The molecule has 0 spiro atoms. The Hall–Kier alpha value is -0.570. The molecule has 0 amide bonds. The molecule has 2 aliphatic carbocycles. The highest BCUT2D eigenvalue weighted by atomic mass is 16.5. The van der Waals surface area contributed by atoms with Gasteiger partial charge in [-0.3, -0.25) is 4.79 Å². The average Bonchev–Trinajstić information content (AvgIpc) is 2.85. The van der Waals surface area contributed by atoms with Crippen LogP contribution in [-0.4, -0.2) is 38.1 Å². The second kappa shape index (κ2) is 4.36. The van der Waals surface area contributed by atoms with E-state index in [9.17, 15) is 4.79 Å². The number of carbonyl (C=O) groups is 1. The quantitative estimate of drug-likeness (QED) is 0.686. The van der Waals surface area contributed by atoms with Gasteiger partial charge >= 0.3 is 5.97 Å². The standard InChI is InChI=1S/C13H23NO2/c1-14(2)11(10-6-4-5-7-10)13(8-9-13)12(15)16-3/h10-11H,4-9H2,1-3H3. The van der Waals surface area contributed by atoms with Gasteiger partial charge in [-0.25, -0.2) is 0 Å². The Labute approximate surface area is 98.1 Å². The summed E-state index contributed by atoms with van der Waals surface area (Å²) in [6.07, 6.45) is 7.24. The van der Waals surface area contributed by atoms with Crippen LogP contribution in [0.3, 0.4) is 0 Å². The van der Waals surface area contributed by atoms with Crippen molar-refractivity contribution in [2.45, 2.75) is 44.6 Å². The summed E-state index contributed by atoms with van der Waals surface area (Å²) in [6.45, 7) is 0. The SMILES string of the molecule is COC(=O)C1(C(C2CCCC2)N(C)C)CC1. The number of rotatable bonds is 4. The predicted molar refractivity (Wildman–Crippen MR) is 63.1 cm³/mol. The van der Waals surface area contributed by atoms with Gasteiger partial charge in [-0.05, 0) is 45.7 Å². The van der Waals surface area contributed by atoms with Crippen molar-refractivity contribution in [3.8, 4) is 0 Å². The zero-order valence-corrected chi connectivity index (χ0v) is 10.7. The molecule has 0 saturated heterocycles. The average molecular weight is 225 g/mol. The number of hydrogen-bond acceptors (Lipinski definition) is 3. The van der Waals surface area contributed by atoms with Gasteiger partial charge < -0.3 is 9.64 Å². The van der Waals surface area contributed by atoms with Crippen molar-refractivity contribution in [3.05, 3.63) is 0 Å². The minimum Gasteiger partial charge on any atom is -0.469 e. The second-order valence-electron chi connectivity index (χ2n) is 5.60. The summed E-state index contributed by atoms with van der Waals surface area (Å²) in [4.78, 5) is 14.2. The van der Waals surface area contributed by atoms with Crippen molar-refractivity contribution in [1.82, 2.24) is 4.90 Å². The van der Waals surface area contributed by atoms with E-state index in [1.54, 1.807) is 0 Å². The normalized spacial score (nSPS) is 25.8. The first-order chi connectivity index (χ1) is 7.62. The molecule has 2 aliphatic rings. The zero-order chi connectivity index (χ0) is 11.8. The van der Waals surface area contributed by atoms with Crippen molar-refractivity contribution in [2.75, 3.05) is 21.2 Å². The van der Waals surface area contributed by atoms with Crippen LogP contribution in [0.5, 0.6) is 0 Å². The Bertz CT molecular complexity index is 265. The fraction of sp³-hybridized carbons (Fsp3) is 0.923. The van der Waals surface area contributed by atoms with Crippen LogP contribution in [0.25, 0.3) is 0 Å². The number of ether oxygens (including phenoxy) is 1. The number of hydrogen-bond donors (Lipinski definition) is 0. The third-order valence-electron chi connectivity index (χ3n) is 4.35. The summed E-state index contributed by atoms with van der Waals surface area (Å²) >= 11 is 0. The third-order valence-corrected chi connectivity index (χ3v) is 4.35. The van der Waals surface area contributed by atoms with Gasteiger partial charge in [-0.2, -0.15) is 0 Å². The Morgan fingerprint density at radius 2 is 1.88 bits per heavy atom. The molecule has 0 aromatic heterocycles. The van der Waals surface area contributed by atoms with Crippen LogP contribution in [0.2, 0.25) is 0 Å². The molecular weight excluding hydrogens is 202 g/mol. The zero-order valence-electron chi connectivity index (χ0n) is 10.7. The number of nitrogens with zero attached hydrogens (tertiary/aromatic N) is 1. The summed E-state index contributed by atoms with van der Waals surface area (Å²) in [5.41, 5.74) is -0.173. The van der Waals surface area contributed by atoms with Crippen LogP contribution in [0.15, 0.2) is 0 Å². The van der Waals surface area contributed by atoms with Crippen LogP contribution in [-0.2, 0) is 9.53 Å². The number of methoxy groups -OCH3 is 1. The predicted octanol–water partition coefficient (Wildman–Crippen LogP) is 2.06. The summed E-state index contributed by atoms with van der Waals surface area (Å²) in [6, 6.07) is 0.391. The van der Waals surface area contributed by atoms with Crippen LogP contribution in [0.1, 0.15) is 38.5 Å². The Morgan fingerprint density at radius 3 is 2.25 bits per heavy atom. The van der Waals surface area contributed by atoms with Crippen molar-refractivity contribution >= 4 is 5.97 Å². The van der Waals surface area contributed by atoms with E-state index >= 15 is 0 Å². The fourth-order valence-corrected chi connectivity index (χ4v) is 3.60. The first-order valence-corrected chi connectivity index (χ1v) is 6.36. The van der Waals surface area contributed by atoms with Gasteiger partial charge in [0.1, 0.15) is 0 Å². The van der Waals surface area contributed by atoms with Gasteiger partial charge in [0.2, 0.25) is 0 Å². The lowest BCUT2D eigenvalue weighted by Gasteiger charge is -2.35. The largest absolute Gasteiger partial charge is 0.469 e. The molecule has 0 bridgehead atoms. The molecule has 1 unspecified atom stereocenters. The van der Waals surface area contributed by atoms with Crippen molar-refractivity contribution in [2.24, 2.45) is 11.3 Å². The lowest BCUT2D eigenvalue weighted by molar-refractivity contribution is -0.150. The minimum atomic E-state index is -0.173. The fourth-order valence-electron chi connectivity index (χ4n) is 3.60. The molecule has 92 valence electrons. The molecule has 2 fully saturated rings. The van der Waals surface area contributed by atoms with Crippen LogP contribution >= 0.6 is 0 Å². The van der Waals surface area contributed by atoms with Gasteiger partial charge in [0.25, 0.3) is 0 Å². The Morgan fingerprint density at radius 1 is 1.31 bits per heavy atom. The molecule has 2 saturated carbocycles. The topological polar surface area (TPSA) is 29.5 Å². The maximum atomic E-state index is 11.9. The summed E-state index contributed by atoms with van der Waals surface area (Å²) in [5, 5.41) is 0. The van der Waals surface area contributed by atoms with Gasteiger partial charge in [-0.1, -0.05) is 12.8 Å². The van der Waals surface area contributed by atoms with E-state index in [2.05, 4.69) is 19.0 Å². The van der Waals surface area contributed by atoms with Gasteiger partial charge in [0.05, 0.1) is 12.5 Å². The number of esters is 1. The molecule has 0 radical (unpaired) electrons. The molecule has 0 aliphatic heterocycles. The minimum absolute atomic E-state index is 0.0121. The van der Waals surface area contributed by atoms with Gasteiger partial charge in [0, 0.05) is 6.04 Å². The summed E-state index contributed by atoms with van der Waals surface area (Å²) < 4.78 is 5.00. The lowest BCUT2D eigenvalue weighted by Crippen LogP contribution is -2.46. The molecule has 3 nitrogen and oxygen atoms in total. The summed E-state index contributed by atoms with van der Waals surface area (Å²) in [5.74, 6) is 0.703. The van der Waals surface area contributed by atoms with E-state index in [4.69, 9.17) is 4.74 Å². The molecule has 0 heterocycles. The molecule has 0 aromatic rings. The highest BCUT2D eigenvalue weighted by Gasteiger charge is 2.59. The van der Waals surface area contributed by atoms with E-state index in [1.165, 1.54) is 32.8 Å². The third kappa shape index (κ3) is 1.86. The van der Waals surface area contributed by atoms with Crippen LogP contribution < -0.4 is 0 Å². The summed E-state index contributed by atoms with van der Waals surface area (Å²) in [7, 11) is 5.72. The molecule has 3 heteroatoms. The van der Waals surface area contributed by atoms with E-state index in [0.717, 1.165) is 12.8 Å². The number of carbonyl (C=O) groups excluding carboxylic acids is 1. The van der Waals surface area contributed by atoms with Crippen LogP contribution in [0, 0.1) is 11.3 Å². The maximum absolute atomic E-state index is 11.9. The van der Waals surface area contributed by atoms with E-state index in [1.807, 2.05) is 0 Å². The van der Waals surface area contributed by atoms with Crippen molar-refractivity contribution in [1.29, 1.82) is 0 Å². The van der Waals surface area contributed by atoms with Gasteiger partial charge in [-0.15, -0.1) is 0 Å². The second-order valence-corrected chi connectivity index (χ2v) is 5.60.